The third kappa shape index (κ3) is 6.64. The molecule has 0 unspecified atom stereocenters. The fourth-order valence-electron chi connectivity index (χ4n) is 0.189. The lowest BCUT2D eigenvalue weighted by Crippen LogP contribution is -2.28. The summed E-state index contributed by atoms with van der Waals surface area (Å²) in [5.41, 5.74) is 0. The molecule has 5 nitrogen and oxygen atoms in total. The number of hydrogen-bond acceptors (Lipinski definition) is 4. The topological polar surface area (TPSA) is 103 Å². The number of carboxylic acids is 1. The summed E-state index contributed by atoms with van der Waals surface area (Å²) >= 11 is 0. The van der Waals surface area contributed by atoms with Crippen molar-refractivity contribution in [1.29, 1.82) is 0 Å². The predicted molar refractivity (Wildman–Crippen MR) is 32.1 cm³/mol. The van der Waals surface area contributed by atoms with E-state index in [9.17, 15) is 14.7 Å². The number of esters is 1. The van der Waals surface area contributed by atoms with Crippen LogP contribution in [0.1, 0.15) is 0 Å². The second kappa shape index (κ2) is 5.77. The molecular weight excluding hydrogens is 138 g/mol. The summed E-state index contributed by atoms with van der Waals surface area (Å²) in [4.78, 5) is 19.7. The highest BCUT2D eigenvalue weighted by molar-refractivity contribution is 5.83. The van der Waals surface area contributed by atoms with Gasteiger partial charge in [-0.25, -0.2) is 4.79 Å². The van der Waals surface area contributed by atoms with Gasteiger partial charge in [0.15, 0.2) is 0 Å². The van der Waals surface area contributed by atoms with Gasteiger partial charge >= 0.3 is 5.97 Å². The summed E-state index contributed by atoms with van der Waals surface area (Å²) in [7, 11) is 0. The van der Waals surface area contributed by atoms with E-state index in [0.29, 0.717) is 0 Å². The molecule has 58 valence electrons. The van der Waals surface area contributed by atoms with Crippen LogP contribution in [0.4, 0.5) is 0 Å². The van der Waals surface area contributed by atoms with E-state index in [4.69, 9.17) is 0 Å². The number of ether oxygens (including phenoxy) is 1. The quantitative estimate of drug-likeness (QED) is 0.401. The molecule has 0 atom stereocenters. The molecule has 0 spiro atoms. The third-order valence-corrected chi connectivity index (χ3v) is 0.499. The Balaban J connectivity index is 0. The van der Waals surface area contributed by atoms with Crippen LogP contribution in [0, 0.1) is 0 Å². The minimum absolute atomic E-state index is 0. The number of quaternary nitrogens is 1. The minimum Gasteiger partial charge on any atom is -0.546 e. The number of aliphatic carboxylic acids is 1. The van der Waals surface area contributed by atoms with Crippen LogP contribution in [0.15, 0.2) is 12.7 Å². The Morgan fingerprint density at radius 1 is 1.60 bits per heavy atom. The summed E-state index contributed by atoms with van der Waals surface area (Å²) in [5.74, 6) is -2.19. The molecule has 0 aromatic heterocycles. The minimum atomic E-state index is -1.43. The van der Waals surface area contributed by atoms with Crippen LogP contribution >= 0.6 is 0 Å². The zero-order valence-corrected chi connectivity index (χ0v) is 5.62. The van der Waals surface area contributed by atoms with E-state index >= 15 is 0 Å². The van der Waals surface area contributed by atoms with E-state index in [0.717, 1.165) is 6.08 Å². The maximum absolute atomic E-state index is 10.1. The van der Waals surface area contributed by atoms with Gasteiger partial charge in [-0.1, -0.05) is 6.58 Å². The molecular formula is C5H9NO4. The van der Waals surface area contributed by atoms with E-state index in [1.54, 1.807) is 0 Å². The van der Waals surface area contributed by atoms with Gasteiger partial charge in [0.05, 0.1) is 5.97 Å². The number of carboxylic acid groups (broad SMARTS) is 1. The Morgan fingerprint density at radius 2 is 2.10 bits per heavy atom. The zero-order valence-electron chi connectivity index (χ0n) is 5.62. The first-order chi connectivity index (χ1) is 4.16. The van der Waals surface area contributed by atoms with Gasteiger partial charge < -0.3 is 20.8 Å². The van der Waals surface area contributed by atoms with Gasteiger partial charge in [-0.05, 0) is 0 Å². The summed E-state index contributed by atoms with van der Waals surface area (Å²) in [6.45, 7) is 2.33. The Morgan fingerprint density at radius 3 is 2.40 bits per heavy atom. The molecule has 10 heavy (non-hydrogen) atoms. The SMILES string of the molecule is C=CC(=O)OCC(=O)[O-].[NH4+]. The molecule has 0 amide bonds. The van der Waals surface area contributed by atoms with Crippen LogP contribution in [-0.4, -0.2) is 18.5 Å². The molecule has 0 saturated carbocycles. The Hall–Kier alpha value is -1.36. The first-order valence-electron chi connectivity index (χ1n) is 2.16. The average molecular weight is 147 g/mol. The lowest BCUT2D eigenvalue weighted by atomic mass is 10.6. The monoisotopic (exact) mass is 147 g/mol. The first-order valence-corrected chi connectivity index (χ1v) is 2.16. The fraction of sp³-hybridized carbons (Fsp3) is 0.200. The van der Waals surface area contributed by atoms with Crippen molar-refractivity contribution in [2.75, 3.05) is 6.61 Å². The van der Waals surface area contributed by atoms with Crippen LogP contribution in [0.3, 0.4) is 0 Å². The Kier molecular flexibility index (Phi) is 6.60. The van der Waals surface area contributed by atoms with Crippen LogP contribution in [-0.2, 0) is 14.3 Å². The molecule has 0 aliphatic rings. The van der Waals surface area contributed by atoms with Gasteiger partial charge in [-0.2, -0.15) is 0 Å². The van der Waals surface area contributed by atoms with Crippen LogP contribution < -0.4 is 11.3 Å². The number of carbonyl (C=O) groups is 2. The summed E-state index contributed by atoms with van der Waals surface area (Å²) < 4.78 is 4.03. The van der Waals surface area contributed by atoms with Crippen LogP contribution in [0.25, 0.3) is 0 Å². The second-order valence-electron chi connectivity index (χ2n) is 1.18. The van der Waals surface area contributed by atoms with Gasteiger partial charge in [-0.3, -0.25) is 0 Å². The van der Waals surface area contributed by atoms with E-state index in [1.165, 1.54) is 0 Å². The summed E-state index contributed by atoms with van der Waals surface area (Å²) in [6, 6.07) is 0. The Labute approximate surface area is 57.9 Å². The van der Waals surface area contributed by atoms with E-state index in [2.05, 4.69) is 11.3 Å². The molecule has 0 fully saturated rings. The molecule has 0 rings (SSSR count). The van der Waals surface area contributed by atoms with Gasteiger partial charge in [0.1, 0.15) is 6.61 Å². The van der Waals surface area contributed by atoms with E-state index < -0.39 is 18.5 Å². The lowest BCUT2D eigenvalue weighted by Gasteiger charge is -1.99. The Bertz CT molecular complexity index is 143. The summed E-state index contributed by atoms with van der Waals surface area (Å²) in [5, 5.41) is 9.60. The summed E-state index contributed by atoms with van der Waals surface area (Å²) in [6.07, 6.45) is 0.878. The zero-order chi connectivity index (χ0) is 7.28. The van der Waals surface area contributed by atoms with Crippen molar-refractivity contribution in [2.45, 2.75) is 0 Å². The molecule has 5 heteroatoms. The van der Waals surface area contributed by atoms with E-state index in [-0.39, 0.29) is 6.15 Å². The smallest absolute Gasteiger partial charge is 0.330 e. The van der Waals surface area contributed by atoms with Crippen molar-refractivity contribution >= 4 is 11.9 Å². The van der Waals surface area contributed by atoms with Crippen molar-refractivity contribution in [1.82, 2.24) is 6.15 Å². The molecule has 0 aromatic carbocycles. The number of carbonyl (C=O) groups excluding carboxylic acids is 2. The highest BCUT2D eigenvalue weighted by Gasteiger charge is 1.92. The molecule has 0 radical (unpaired) electrons. The molecule has 4 N–H and O–H groups in total. The maximum Gasteiger partial charge on any atom is 0.330 e. The molecule has 0 heterocycles. The van der Waals surface area contributed by atoms with Crippen molar-refractivity contribution in [3.05, 3.63) is 12.7 Å². The molecule has 0 bridgehead atoms. The highest BCUT2D eigenvalue weighted by Crippen LogP contribution is 1.75. The molecule has 0 aliphatic heterocycles. The van der Waals surface area contributed by atoms with Crippen LogP contribution in [0.5, 0.6) is 0 Å². The molecule has 0 saturated heterocycles. The number of rotatable bonds is 3. The van der Waals surface area contributed by atoms with Crippen molar-refractivity contribution in [3.8, 4) is 0 Å². The highest BCUT2D eigenvalue weighted by atomic mass is 16.5. The fourth-order valence-corrected chi connectivity index (χ4v) is 0.189. The van der Waals surface area contributed by atoms with Crippen molar-refractivity contribution in [3.63, 3.8) is 0 Å². The molecule has 0 aliphatic carbocycles. The van der Waals surface area contributed by atoms with E-state index in [1.807, 2.05) is 0 Å². The predicted octanol–water partition coefficient (Wildman–Crippen LogP) is -1.16. The van der Waals surface area contributed by atoms with Crippen LogP contribution in [0.2, 0.25) is 0 Å². The standard InChI is InChI=1S/C5H6O4.H3N/c1-2-5(8)9-3-4(6)7;/h2H,1,3H2,(H,6,7);1H3. The van der Waals surface area contributed by atoms with Gasteiger partial charge in [0, 0.05) is 6.08 Å². The average Bonchev–Trinajstić information content (AvgIpc) is 1.83. The van der Waals surface area contributed by atoms with Gasteiger partial charge in [-0.15, -0.1) is 0 Å². The molecule has 0 aromatic rings. The van der Waals surface area contributed by atoms with Crippen molar-refractivity contribution in [2.24, 2.45) is 0 Å². The number of hydrogen-bond donors (Lipinski definition) is 1. The maximum atomic E-state index is 10.1. The first kappa shape index (κ1) is 11.4. The second-order valence-corrected chi connectivity index (χ2v) is 1.18. The lowest BCUT2D eigenvalue weighted by molar-refractivity contribution is -0.308. The third-order valence-electron chi connectivity index (χ3n) is 0.499. The van der Waals surface area contributed by atoms with Gasteiger partial charge in [0.2, 0.25) is 0 Å². The van der Waals surface area contributed by atoms with Crippen molar-refractivity contribution < 1.29 is 19.4 Å². The normalized spacial score (nSPS) is 7.20. The van der Waals surface area contributed by atoms with Gasteiger partial charge in [0.25, 0.3) is 0 Å². The largest absolute Gasteiger partial charge is 0.546 e.